The lowest BCUT2D eigenvalue weighted by molar-refractivity contribution is -0.139. The summed E-state index contributed by atoms with van der Waals surface area (Å²) in [4.78, 5) is 42.8. The number of ether oxygens (including phenoxy) is 2. The van der Waals surface area contributed by atoms with Gasteiger partial charge in [-0.3, -0.25) is 14.2 Å². The molecule has 1 aromatic heterocycles. The van der Waals surface area contributed by atoms with Crippen LogP contribution in [-0.4, -0.2) is 23.1 Å². The van der Waals surface area contributed by atoms with E-state index in [2.05, 4.69) is 4.99 Å². The Morgan fingerprint density at radius 3 is 2.59 bits per heavy atom. The number of allylic oxidation sites excluding steroid dienone is 1. The second-order valence-corrected chi connectivity index (χ2v) is 8.97. The zero-order chi connectivity index (χ0) is 24.4. The average molecular weight is 497 g/mol. The Bertz CT molecular complexity index is 1480. The molecule has 0 aliphatic carbocycles. The number of thiazole rings is 1. The largest absolute Gasteiger partial charge is 0.463 e. The summed E-state index contributed by atoms with van der Waals surface area (Å²) in [7, 11) is 0. The first-order chi connectivity index (χ1) is 16.3. The fourth-order valence-electron chi connectivity index (χ4n) is 3.74. The third-order valence-corrected chi connectivity index (χ3v) is 6.34. The molecule has 0 N–H and O–H groups in total. The van der Waals surface area contributed by atoms with Crippen molar-refractivity contribution >= 4 is 41.0 Å². The van der Waals surface area contributed by atoms with Crippen molar-refractivity contribution in [1.29, 1.82) is 0 Å². The van der Waals surface area contributed by atoms with Gasteiger partial charge in [0.2, 0.25) is 0 Å². The highest BCUT2D eigenvalue weighted by molar-refractivity contribution is 7.07. The molecule has 174 valence electrons. The van der Waals surface area contributed by atoms with Gasteiger partial charge in [0.05, 0.1) is 28.5 Å². The number of benzene rings is 2. The fraction of sp³-hybridized carbons (Fsp3) is 0.200. The van der Waals surface area contributed by atoms with Crippen molar-refractivity contribution in [3.05, 3.63) is 95.6 Å². The minimum atomic E-state index is -0.747. The van der Waals surface area contributed by atoms with Crippen molar-refractivity contribution in [2.75, 3.05) is 6.61 Å². The number of fused-ring (bicyclic) bond motifs is 1. The van der Waals surface area contributed by atoms with Crippen molar-refractivity contribution in [3.8, 4) is 5.75 Å². The quantitative estimate of drug-likeness (QED) is 0.399. The molecule has 0 bridgehead atoms. The normalized spacial score (nSPS) is 15.5. The van der Waals surface area contributed by atoms with Crippen LogP contribution in [0.1, 0.15) is 37.9 Å². The molecular weight excluding hydrogens is 476 g/mol. The number of aromatic nitrogens is 1. The molecule has 0 amide bonds. The van der Waals surface area contributed by atoms with E-state index in [0.29, 0.717) is 31.4 Å². The Balaban J connectivity index is 1.91. The van der Waals surface area contributed by atoms with E-state index in [-0.39, 0.29) is 17.7 Å². The van der Waals surface area contributed by atoms with E-state index in [1.54, 1.807) is 56.3 Å². The van der Waals surface area contributed by atoms with Crippen LogP contribution < -0.4 is 19.6 Å². The molecule has 9 heteroatoms. The number of carbonyl (C=O) groups excluding carboxylic acids is 2. The van der Waals surface area contributed by atoms with Gasteiger partial charge in [-0.2, -0.15) is 0 Å². The molecule has 0 radical (unpaired) electrons. The summed E-state index contributed by atoms with van der Waals surface area (Å²) in [5.41, 5.74) is 1.91. The first-order valence-electron chi connectivity index (χ1n) is 10.5. The van der Waals surface area contributed by atoms with E-state index >= 15 is 0 Å². The van der Waals surface area contributed by atoms with Crippen LogP contribution in [0.25, 0.3) is 6.08 Å². The van der Waals surface area contributed by atoms with Gasteiger partial charge in [0, 0.05) is 11.9 Å². The van der Waals surface area contributed by atoms with Crippen LogP contribution in [0.5, 0.6) is 5.75 Å². The predicted octanol–water partition coefficient (Wildman–Crippen LogP) is 3.38. The lowest BCUT2D eigenvalue weighted by Gasteiger charge is -2.24. The van der Waals surface area contributed by atoms with Crippen LogP contribution in [0.15, 0.2) is 69.6 Å². The standard InChI is InChI=1S/C25H21ClN2O5S/c1-4-32-24(31)21-14(2)27-25-28(22(21)17-8-10-19(11-9-17)33-15(3)29)23(30)20(34-25)13-16-6-5-7-18(26)12-16/h5-13,22H,4H2,1-3H3/b20-13+. The molecule has 1 aliphatic heterocycles. The third kappa shape index (κ3) is 4.73. The van der Waals surface area contributed by atoms with Crippen molar-refractivity contribution in [3.63, 3.8) is 0 Å². The van der Waals surface area contributed by atoms with Crippen LogP contribution in [0, 0.1) is 0 Å². The minimum absolute atomic E-state index is 0.187. The van der Waals surface area contributed by atoms with Crippen LogP contribution in [0.4, 0.5) is 0 Å². The Morgan fingerprint density at radius 2 is 1.94 bits per heavy atom. The maximum absolute atomic E-state index is 13.5. The van der Waals surface area contributed by atoms with E-state index in [9.17, 15) is 14.4 Å². The lowest BCUT2D eigenvalue weighted by atomic mass is 9.96. The highest BCUT2D eigenvalue weighted by Crippen LogP contribution is 2.31. The van der Waals surface area contributed by atoms with Crippen LogP contribution >= 0.6 is 22.9 Å². The van der Waals surface area contributed by atoms with Crippen LogP contribution in [-0.2, 0) is 14.3 Å². The second kappa shape index (κ2) is 9.79. The number of halogens is 1. The Kier molecular flexibility index (Phi) is 6.81. The molecule has 0 saturated heterocycles. The zero-order valence-electron chi connectivity index (χ0n) is 18.7. The predicted molar refractivity (Wildman–Crippen MR) is 130 cm³/mol. The maximum Gasteiger partial charge on any atom is 0.338 e. The number of rotatable bonds is 5. The summed E-state index contributed by atoms with van der Waals surface area (Å²) in [5, 5.41) is 0.563. The van der Waals surface area contributed by atoms with E-state index < -0.39 is 18.0 Å². The third-order valence-electron chi connectivity index (χ3n) is 5.12. The Labute approximate surface area is 204 Å². The van der Waals surface area contributed by atoms with Gasteiger partial charge in [-0.05, 0) is 55.3 Å². The molecular formula is C25H21ClN2O5S. The molecule has 0 spiro atoms. The van der Waals surface area contributed by atoms with Gasteiger partial charge in [-0.15, -0.1) is 0 Å². The number of hydrogen-bond acceptors (Lipinski definition) is 7. The zero-order valence-corrected chi connectivity index (χ0v) is 20.3. The lowest BCUT2D eigenvalue weighted by Crippen LogP contribution is -2.39. The molecule has 0 saturated carbocycles. The fourth-order valence-corrected chi connectivity index (χ4v) is 4.98. The smallest absolute Gasteiger partial charge is 0.338 e. The van der Waals surface area contributed by atoms with Gasteiger partial charge in [0.1, 0.15) is 5.75 Å². The summed E-state index contributed by atoms with van der Waals surface area (Å²) in [6.45, 7) is 4.95. The second-order valence-electron chi connectivity index (χ2n) is 7.52. The summed E-state index contributed by atoms with van der Waals surface area (Å²) in [6, 6.07) is 13.1. The van der Waals surface area contributed by atoms with Gasteiger partial charge in [0.25, 0.3) is 5.56 Å². The summed E-state index contributed by atoms with van der Waals surface area (Å²) < 4.78 is 12.4. The molecule has 1 atom stereocenters. The highest BCUT2D eigenvalue weighted by atomic mass is 35.5. The topological polar surface area (TPSA) is 87.0 Å². The first kappa shape index (κ1) is 23.7. The molecule has 0 fully saturated rings. The summed E-state index contributed by atoms with van der Waals surface area (Å²) >= 11 is 7.33. The Hall–Kier alpha value is -3.49. The number of nitrogens with zero attached hydrogens (tertiary/aromatic N) is 2. The van der Waals surface area contributed by atoms with E-state index in [1.165, 1.54) is 22.8 Å². The molecule has 7 nitrogen and oxygen atoms in total. The summed E-state index contributed by atoms with van der Waals surface area (Å²) in [6.07, 6.45) is 1.75. The molecule has 34 heavy (non-hydrogen) atoms. The molecule has 1 aliphatic rings. The van der Waals surface area contributed by atoms with Gasteiger partial charge < -0.3 is 9.47 Å². The summed E-state index contributed by atoms with van der Waals surface area (Å²) in [5.74, 6) is -0.616. The van der Waals surface area contributed by atoms with Gasteiger partial charge in [0.15, 0.2) is 4.80 Å². The average Bonchev–Trinajstić information content (AvgIpc) is 3.07. The highest BCUT2D eigenvalue weighted by Gasteiger charge is 2.33. The first-order valence-corrected chi connectivity index (χ1v) is 11.7. The van der Waals surface area contributed by atoms with E-state index in [4.69, 9.17) is 21.1 Å². The maximum atomic E-state index is 13.5. The SMILES string of the molecule is CCOC(=O)C1=C(C)N=c2s/c(=C/c3cccc(Cl)c3)c(=O)n2C1c1ccc(OC(C)=O)cc1. The number of esters is 2. The molecule has 1 unspecified atom stereocenters. The monoisotopic (exact) mass is 496 g/mol. The van der Waals surface area contributed by atoms with Crippen molar-refractivity contribution in [2.45, 2.75) is 26.8 Å². The van der Waals surface area contributed by atoms with Crippen LogP contribution in [0.2, 0.25) is 5.02 Å². The van der Waals surface area contributed by atoms with Crippen LogP contribution in [0.3, 0.4) is 0 Å². The van der Waals surface area contributed by atoms with E-state index in [0.717, 1.165) is 5.56 Å². The van der Waals surface area contributed by atoms with Gasteiger partial charge in [-0.25, -0.2) is 9.79 Å². The van der Waals surface area contributed by atoms with Crippen molar-refractivity contribution in [1.82, 2.24) is 4.57 Å². The molecule has 4 rings (SSSR count). The minimum Gasteiger partial charge on any atom is -0.463 e. The molecule has 2 heterocycles. The molecule has 3 aromatic rings. The van der Waals surface area contributed by atoms with Crippen molar-refractivity contribution < 1.29 is 19.1 Å². The molecule has 2 aromatic carbocycles. The Morgan fingerprint density at radius 1 is 1.21 bits per heavy atom. The van der Waals surface area contributed by atoms with Gasteiger partial charge >= 0.3 is 11.9 Å². The number of carbonyl (C=O) groups is 2. The number of hydrogen-bond donors (Lipinski definition) is 0. The van der Waals surface area contributed by atoms with E-state index in [1.807, 2.05) is 12.1 Å². The van der Waals surface area contributed by atoms with Crippen molar-refractivity contribution in [2.24, 2.45) is 4.99 Å². The van der Waals surface area contributed by atoms with Gasteiger partial charge in [-0.1, -0.05) is 47.2 Å².